The van der Waals surface area contributed by atoms with E-state index in [-0.39, 0.29) is 5.91 Å². The number of carbonyl (C=O) groups excluding carboxylic acids is 1. The molecule has 1 atom stereocenters. The average Bonchev–Trinajstić information content (AvgIpc) is 2.24. The standard InChI is InChI=1S/C14H23NO/c1-4-13(16)15-9-14(10-15)7-5-6-12(8-14)11(2)3/h4,11-12H,1,5-10H2,2-3H3. The second kappa shape index (κ2) is 4.23. The topological polar surface area (TPSA) is 20.3 Å². The molecular weight excluding hydrogens is 198 g/mol. The molecule has 16 heavy (non-hydrogen) atoms. The van der Waals surface area contributed by atoms with Crippen LogP contribution >= 0.6 is 0 Å². The van der Waals surface area contributed by atoms with Gasteiger partial charge in [0.1, 0.15) is 0 Å². The van der Waals surface area contributed by atoms with Gasteiger partial charge in [0.15, 0.2) is 0 Å². The summed E-state index contributed by atoms with van der Waals surface area (Å²) in [4.78, 5) is 13.4. The molecule has 90 valence electrons. The first kappa shape index (κ1) is 11.7. The molecule has 2 aliphatic rings. The lowest BCUT2D eigenvalue weighted by molar-refractivity contribution is -0.141. The van der Waals surface area contributed by atoms with E-state index in [1.54, 1.807) is 0 Å². The molecule has 1 amide bonds. The van der Waals surface area contributed by atoms with Gasteiger partial charge in [0.2, 0.25) is 5.91 Å². The van der Waals surface area contributed by atoms with E-state index in [0.717, 1.165) is 24.9 Å². The number of likely N-dealkylation sites (tertiary alicyclic amines) is 1. The molecule has 0 radical (unpaired) electrons. The van der Waals surface area contributed by atoms with Gasteiger partial charge in [0.05, 0.1) is 0 Å². The number of hydrogen-bond donors (Lipinski definition) is 0. The second-order valence-electron chi connectivity index (χ2n) is 6.00. The van der Waals surface area contributed by atoms with Crippen molar-refractivity contribution in [1.29, 1.82) is 0 Å². The van der Waals surface area contributed by atoms with E-state index in [0.29, 0.717) is 5.41 Å². The van der Waals surface area contributed by atoms with Gasteiger partial charge in [-0.3, -0.25) is 4.79 Å². The van der Waals surface area contributed by atoms with Crippen LogP contribution in [0.5, 0.6) is 0 Å². The summed E-state index contributed by atoms with van der Waals surface area (Å²) in [6, 6.07) is 0. The van der Waals surface area contributed by atoms with E-state index in [1.165, 1.54) is 31.8 Å². The Labute approximate surface area is 98.7 Å². The molecule has 1 heterocycles. The molecule has 1 spiro atoms. The Kier molecular flexibility index (Phi) is 3.09. The van der Waals surface area contributed by atoms with E-state index < -0.39 is 0 Å². The minimum atomic E-state index is 0.109. The molecule has 2 rings (SSSR count). The van der Waals surface area contributed by atoms with Crippen LogP contribution in [0.3, 0.4) is 0 Å². The van der Waals surface area contributed by atoms with Crippen LogP contribution in [-0.2, 0) is 4.79 Å². The first-order valence-corrected chi connectivity index (χ1v) is 6.48. The predicted octanol–water partition coefficient (Wildman–Crippen LogP) is 2.85. The van der Waals surface area contributed by atoms with Crippen LogP contribution in [0.25, 0.3) is 0 Å². The molecule has 1 aliphatic carbocycles. The van der Waals surface area contributed by atoms with Crippen LogP contribution in [0, 0.1) is 17.3 Å². The van der Waals surface area contributed by atoms with Crippen LogP contribution in [-0.4, -0.2) is 23.9 Å². The summed E-state index contributed by atoms with van der Waals surface area (Å²) in [6.07, 6.45) is 6.81. The van der Waals surface area contributed by atoms with Crippen molar-refractivity contribution in [2.45, 2.75) is 39.5 Å². The van der Waals surface area contributed by atoms with Crippen molar-refractivity contribution in [2.75, 3.05) is 13.1 Å². The Morgan fingerprint density at radius 1 is 1.50 bits per heavy atom. The highest BCUT2D eigenvalue weighted by molar-refractivity contribution is 5.87. The van der Waals surface area contributed by atoms with E-state index in [1.807, 2.05) is 4.90 Å². The summed E-state index contributed by atoms with van der Waals surface area (Å²) in [5.41, 5.74) is 0.464. The van der Waals surface area contributed by atoms with Crippen molar-refractivity contribution < 1.29 is 4.79 Å². The third-order valence-electron chi connectivity index (χ3n) is 4.46. The molecule has 1 unspecified atom stereocenters. The molecule has 1 saturated carbocycles. The Morgan fingerprint density at radius 2 is 2.19 bits per heavy atom. The van der Waals surface area contributed by atoms with Gasteiger partial charge in [-0.15, -0.1) is 0 Å². The third kappa shape index (κ3) is 2.02. The molecule has 2 heteroatoms. The van der Waals surface area contributed by atoms with Gasteiger partial charge < -0.3 is 4.90 Å². The average molecular weight is 221 g/mol. The lowest BCUT2D eigenvalue weighted by atomic mass is 9.63. The van der Waals surface area contributed by atoms with Crippen molar-refractivity contribution in [3.8, 4) is 0 Å². The largest absolute Gasteiger partial charge is 0.338 e. The molecular formula is C14H23NO. The monoisotopic (exact) mass is 221 g/mol. The van der Waals surface area contributed by atoms with E-state index in [9.17, 15) is 4.79 Å². The van der Waals surface area contributed by atoms with Gasteiger partial charge in [0.25, 0.3) is 0 Å². The number of hydrogen-bond acceptors (Lipinski definition) is 1. The molecule has 2 fully saturated rings. The molecule has 0 aromatic rings. The number of rotatable bonds is 2. The zero-order valence-electron chi connectivity index (χ0n) is 10.5. The highest BCUT2D eigenvalue weighted by Crippen LogP contribution is 2.47. The fourth-order valence-corrected chi connectivity index (χ4v) is 3.40. The van der Waals surface area contributed by atoms with Crippen LogP contribution < -0.4 is 0 Å². The van der Waals surface area contributed by atoms with Gasteiger partial charge in [-0.1, -0.05) is 33.3 Å². The van der Waals surface area contributed by atoms with Crippen molar-refractivity contribution in [2.24, 2.45) is 17.3 Å². The van der Waals surface area contributed by atoms with Gasteiger partial charge in [-0.25, -0.2) is 0 Å². The van der Waals surface area contributed by atoms with Crippen LogP contribution in [0.15, 0.2) is 12.7 Å². The summed E-state index contributed by atoms with van der Waals surface area (Å²) in [6.45, 7) is 10.2. The summed E-state index contributed by atoms with van der Waals surface area (Å²) in [7, 11) is 0. The van der Waals surface area contributed by atoms with Crippen molar-refractivity contribution in [1.82, 2.24) is 4.90 Å². The Hall–Kier alpha value is -0.790. The molecule has 0 aromatic heterocycles. The fourth-order valence-electron chi connectivity index (χ4n) is 3.40. The third-order valence-corrected chi connectivity index (χ3v) is 4.46. The highest BCUT2D eigenvalue weighted by Gasteiger charge is 2.47. The maximum atomic E-state index is 11.4. The number of nitrogens with zero attached hydrogens (tertiary/aromatic N) is 1. The summed E-state index contributed by atoms with van der Waals surface area (Å²) in [5.74, 6) is 1.77. The zero-order chi connectivity index (χ0) is 11.8. The maximum Gasteiger partial charge on any atom is 0.245 e. The summed E-state index contributed by atoms with van der Waals surface area (Å²) in [5, 5.41) is 0. The molecule has 0 N–H and O–H groups in total. The van der Waals surface area contributed by atoms with Gasteiger partial charge in [-0.2, -0.15) is 0 Å². The number of amides is 1. The Balaban J connectivity index is 1.92. The number of carbonyl (C=O) groups is 1. The predicted molar refractivity (Wildman–Crippen MR) is 66.0 cm³/mol. The molecule has 0 aromatic carbocycles. The van der Waals surface area contributed by atoms with Gasteiger partial charge in [0, 0.05) is 18.5 Å². The van der Waals surface area contributed by atoms with Crippen LogP contribution in [0.1, 0.15) is 39.5 Å². The molecule has 1 saturated heterocycles. The highest BCUT2D eigenvalue weighted by atomic mass is 16.2. The summed E-state index contributed by atoms with van der Waals surface area (Å²) >= 11 is 0. The van der Waals surface area contributed by atoms with Crippen LogP contribution in [0.4, 0.5) is 0 Å². The van der Waals surface area contributed by atoms with E-state index in [2.05, 4.69) is 20.4 Å². The fraction of sp³-hybridized carbons (Fsp3) is 0.786. The molecule has 1 aliphatic heterocycles. The second-order valence-corrected chi connectivity index (χ2v) is 6.00. The zero-order valence-corrected chi connectivity index (χ0v) is 10.5. The van der Waals surface area contributed by atoms with Gasteiger partial charge >= 0.3 is 0 Å². The van der Waals surface area contributed by atoms with Crippen molar-refractivity contribution in [3.63, 3.8) is 0 Å². The summed E-state index contributed by atoms with van der Waals surface area (Å²) < 4.78 is 0. The molecule has 2 nitrogen and oxygen atoms in total. The minimum Gasteiger partial charge on any atom is -0.338 e. The lowest BCUT2D eigenvalue weighted by Crippen LogP contribution is -2.59. The van der Waals surface area contributed by atoms with E-state index in [4.69, 9.17) is 0 Å². The lowest BCUT2D eigenvalue weighted by Gasteiger charge is -2.54. The van der Waals surface area contributed by atoms with Crippen molar-refractivity contribution >= 4 is 5.91 Å². The van der Waals surface area contributed by atoms with E-state index >= 15 is 0 Å². The normalized spacial score (nSPS) is 27.9. The Bertz CT molecular complexity index is 289. The Morgan fingerprint density at radius 3 is 2.75 bits per heavy atom. The van der Waals surface area contributed by atoms with Crippen LogP contribution in [0.2, 0.25) is 0 Å². The first-order valence-electron chi connectivity index (χ1n) is 6.48. The SMILES string of the molecule is C=CC(=O)N1CC2(CCCC(C(C)C)C2)C1. The quantitative estimate of drug-likeness (QED) is 0.657. The maximum absolute atomic E-state index is 11.4. The minimum absolute atomic E-state index is 0.109. The van der Waals surface area contributed by atoms with Gasteiger partial charge in [-0.05, 0) is 30.8 Å². The van der Waals surface area contributed by atoms with Crippen molar-refractivity contribution in [3.05, 3.63) is 12.7 Å². The first-order chi connectivity index (χ1) is 7.56. The smallest absolute Gasteiger partial charge is 0.245 e. The molecule has 0 bridgehead atoms.